The summed E-state index contributed by atoms with van der Waals surface area (Å²) < 4.78 is 0. The number of nitrogens with two attached hydrogens (primary N) is 1. The fraction of sp³-hybridized carbons (Fsp3) is 0.462. The number of benzene rings is 1. The second-order valence-corrected chi connectivity index (χ2v) is 4.37. The van der Waals surface area contributed by atoms with Gasteiger partial charge in [0.2, 0.25) is 5.91 Å². The highest BCUT2D eigenvalue weighted by Gasteiger charge is 2.22. The Kier molecular flexibility index (Phi) is 5.45. The molecule has 4 heteroatoms. The zero-order valence-electron chi connectivity index (χ0n) is 9.84. The number of amides is 1. The normalized spacial score (nSPS) is 18.9. The lowest BCUT2D eigenvalue weighted by molar-refractivity contribution is -0.130. The molecule has 17 heavy (non-hydrogen) atoms. The molecule has 3 nitrogen and oxygen atoms in total. The maximum Gasteiger partial charge on any atom is 0.222 e. The molecule has 1 aromatic carbocycles. The average molecular weight is 255 g/mol. The van der Waals surface area contributed by atoms with Crippen LogP contribution in [-0.2, 0) is 11.2 Å². The van der Waals surface area contributed by atoms with Gasteiger partial charge in [-0.15, -0.1) is 12.4 Å². The first-order chi connectivity index (χ1) is 7.75. The van der Waals surface area contributed by atoms with Crippen LogP contribution in [0.5, 0.6) is 0 Å². The fourth-order valence-corrected chi connectivity index (χ4v) is 2.07. The van der Waals surface area contributed by atoms with Crippen LogP contribution in [0.4, 0.5) is 0 Å². The van der Waals surface area contributed by atoms with Crippen molar-refractivity contribution in [2.45, 2.75) is 25.3 Å². The van der Waals surface area contributed by atoms with Crippen LogP contribution in [0.1, 0.15) is 18.4 Å². The van der Waals surface area contributed by atoms with Crippen molar-refractivity contribution in [2.24, 2.45) is 5.73 Å². The topological polar surface area (TPSA) is 46.3 Å². The van der Waals surface area contributed by atoms with E-state index in [0.717, 1.165) is 25.9 Å². The van der Waals surface area contributed by atoms with Crippen LogP contribution in [-0.4, -0.2) is 29.9 Å². The molecule has 94 valence electrons. The van der Waals surface area contributed by atoms with Gasteiger partial charge in [0, 0.05) is 25.6 Å². The van der Waals surface area contributed by atoms with Crippen molar-refractivity contribution >= 4 is 18.3 Å². The van der Waals surface area contributed by atoms with Gasteiger partial charge in [-0.25, -0.2) is 0 Å². The third kappa shape index (κ3) is 4.02. The number of likely N-dealkylation sites (tertiary alicyclic amines) is 1. The predicted octanol–water partition coefficient (Wildman–Crippen LogP) is 1.60. The summed E-state index contributed by atoms with van der Waals surface area (Å²) in [7, 11) is 0. The van der Waals surface area contributed by atoms with Gasteiger partial charge in [0.25, 0.3) is 0 Å². The van der Waals surface area contributed by atoms with Crippen molar-refractivity contribution < 1.29 is 4.79 Å². The Morgan fingerprint density at radius 2 is 2.06 bits per heavy atom. The molecule has 0 aliphatic carbocycles. The molecule has 2 rings (SSSR count). The Bertz CT molecular complexity index is 356. The van der Waals surface area contributed by atoms with Crippen molar-refractivity contribution in [1.82, 2.24) is 4.90 Å². The lowest BCUT2D eigenvalue weighted by Crippen LogP contribution is -2.31. The fourth-order valence-electron chi connectivity index (χ4n) is 2.07. The summed E-state index contributed by atoms with van der Waals surface area (Å²) in [4.78, 5) is 13.7. The van der Waals surface area contributed by atoms with Crippen LogP contribution in [0.15, 0.2) is 30.3 Å². The van der Waals surface area contributed by atoms with Crippen molar-refractivity contribution in [3.63, 3.8) is 0 Å². The molecule has 0 saturated carbocycles. The van der Waals surface area contributed by atoms with E-state index in [-0.39, 0.29) is 24.4 Å². The van der Waals surface area contributed by atoms with E-state index in [1.807, 2.05) is 23.1 Å². The van der Waals surface area contributed by atoms with Crippen LogP contribution < -0.4 is 5.73 Å². The molecule has 1 fully saturated rings. The molecule has 0 radical (unpaired) electrons. The van der Waals surface area contributed by atoms with E-state index in [1.54, 1.807) is 0 Å². The minimum Gasteiger partial charge on any atom is -0.341 e. The Hall–Kier alpha value is -1.06. The summed E-state index contributed by atoms with van der Waals surface area (Å²) in [5.41, 5.74) is 7.00. The van der Waals surface area contributed by atoms with E-state index in [0.29, 0.717) is 6.42 Å². The summed E-state index contributed by atoms with van der Waals surface area (Å²) in [6.07, 6.45) is 2.36. The Labute approximate surface area is 108 Å². The summed E-state index contributed by atoms with van der Waals surface area (Å²) in [5.74, 6) is 0.233. The first-order valence-electron chi connectivity index (χ1n) is 5.83. The van der Waals surface area contributed by atoms with Gasteiger partial charge >= 0.3 is 0 Å². The third-order valence-corrected chi connectivity index (χ3v) is 3.05. The van der Waals surface area contributed by atoms with Crippen molar-refractivity contribution in [2.75, 3.05) is 13.1 Å². The monoisotopic (exact) mass is 254 g/mol. The van der Waals surface area contributed by atoms with E-state index in [1.165, 1.54) is 5.56 Å². The van der Waals surface area contributed by atoms with Gasteiger partial charge in [-0.1, -0.05) is 30.3 Å². The van der Waals surface area contributed by atoms with Crippen molar-refractivity contribution in [3.8, 4) is 0 Å². The number of hydrogen-bond acceptors (Lipinski definition) is 2. The summed E-state index contributed by atoms with van der Waals surface area (Å²) in [6, 6.07) is 10.3. The standard InChI is InChI=1S/C13H18N2O.ClH/c14-12-8-9-15(10-12)13(16)7-6-11-4-2-1-3-5-11;/h1-5,12H,6-10,14H2;1H. The molecule has 0 bridgehead atoms. The zero-order chi connectivity index (χ0) is 11.4. The van der Waals surface area contributed by atoms with E-state index in [4.69, 9.17) is 5.73 Å². The molecule has 1 heterocycles. The number of nitrogens with zero attached hydrogens (tertiary/aromatic N) is 1. The molecular weight excluding hydrogens is 236 g/mol. The maximum absolute atomic E-state index is 11.8. The minimum atomic E-state index is 0. The van der Waals surface area contributed by atoms with Gasteiger partial charge in [-0.05, 0) is 18.4 Å². The van der Waals surface area contributed by atoms with Gasteiger partial charge in [0.05, 0.1) is 0 Å². The Morgan fingerprint density at radius 3 is 2.65 bits per heavy atom. The van der Waals surface area contributed by atoms with Crippen LogP contribution in [0.25, 0.3) is 0 Å². The molecule has 1 aliphatic heterocycles. The van der Waals surface area contributed by atoms with Crippen LogP contribution in [0.3, 0.4) is 0 Å². The maximum atomic E-state index is 11.8. The summed E-state index contributed by atoms with van der Waals surface area (Å²) in [6.45, 7) is 1.56. The molecule has 2 N–H and O–H groups in total. The lowest BCUT2D eigenvalue weighted by atomic mass is 10.1. The van der Waals surface area contributed by atoms with Crippen LogP contribution in [0.2, 0.25) is 0 Å². The molecule has 1 amide bonds. The largest absolute Gasteiger partial charge is 0.341 e. The second kappa shape index (κ2) is 6.62. The van der Waals surface area contributed by atoms with Gasteiger partial charge in [-0.2, -0.15) is 0 Å². The minimum absolute atomic E-state index is 0. The number of rotatable bonds is 3. The number of carbonyl (C=O) groups excluding carboxylic acids is 1. The Morgan fingerprint density at radius 1 is 1.35 bits per heavy atom. The molecule has 0 spiro atoms. The number of halogens is 1. The number of carbonyl (C=O) groups is 1. The van der Waals surface area contributed by atoms with Crippen molar-refractivity contribution in [3.05, 3.63) is 35.9 Å². The molecule has 1 saturated heterocycles. The van der Waals surface area contributed by atoms with Crippen LogP contribution in [0, 0.1) is 0 Å². The highest BCUT2D eigenvalue weighted by Crippen LogP contribution is 2.10. The van der Waals surface area contributed by atoms with E-state index >= 15 is 0 Å². The van der Waals surface area contributed by atoms with Crippen molar-refractivity contribution in [1.29, 1.82) is 0 Å². The smallest absolute Gasteiger partial charge is 0.222 e. The van der Waals surface area contributed by atoms with Gasteiger partial charge in [0.15, 0.2) is 0 Å². The summed E-state index contributed by atoms with van der Waals surface area (Å²) >= 11 is 0. The number of aryl methyl sites for hydroxylation is 1. The molecule has 1 aromatic rings. The lowest BCUT2D eigenvalue weighted by Gasteiger charge is -2.15. The van der Waals surface area contributed by atoms with E-state index in [9.17, 15) is 4.79 Å². The first kappa shape index (κ1) is 14.0. The Balaban J connectivity index is 0.00000144. The van der Waals surface area contributed by atoms with Gasteiger partial charge in [-0.3, -0.25) is 4.79 Å². The average Bonchev–Trinajstić information content (AvgIpc) is 2.74. The van der Waals surface area contributed by atoms with E-state index < -0.39 is 0 Å². The van der Waals surface area contributed by atoms with Gasteiger partial charge in [0.1, 0.15) is 0 Å². The third-order valence-electron chi connectivity index (χ3n) is 3.05. The van der Waals surface area contributed by atoms with Gasteiger partial charge < -0.3 is 10.6 Å². The number of hydrogen-bond donors (Lipinski definition) is 1. The second-order valence-electron chi connectivity index (χ2n) is 4.37. The first-order valence-corrected chi connectivity index (χ1v) is 5.83. The summed E-state index contributed by atoms with van der Waals surface area (Å²) in [5, 5.41) is 0. The quantitative estimate of drug-likeness (QED) is 0.891. The van der Waals surface area contributed by atoms with E-state index in [2.05, 4.69) is 12.1 Å². The zero-order valence-corrected chi connectivity index (χ0v) is 10.7. The SMILES string of the molecule is Cl.NC1CCN(C(=O)CCc2ccccc2)C1. The molecule has 1 atom stereocenters. The van der Waals surface area contributed by atoms with Crippen LogP contribution >= 0.6 is 12.4 Å². The predicted molar refractivity (Wildman–Crippen MR) is 71.2 cm³/mol. The highest BCUT2D eigenvalue weighted by molar-refractivity contribution is 5.85. The highest BCUT2D eigenvalue weighted by atomic mass is 35.5. The molecular formula is C13H19ClN2O. The molecule has 0 aromatic heterocycles. The molecule has 1 unspecified atom stereocenters. The molecule has 1 aliphatic rings.